The molecule has 0 bridgehead atoms. The van der Waals surface area contributed by atoms with Gasteiger partial charge in [-0.2, -0.15) is 0 Å². The van der Waals surface area contributed by atoms with Crippen molar-refractivity contribution < 1.29 is 4.79 Å². The van der Waals surface area contributed by atoms with Crippen molar-refractivity contribution >= 4 is 22.4 Å². The zero-order chi connectivity index (χ0) is 17.6. The van der Waals surface area contributed by atoms with Crippen LogP contribution in [-0.4, -0.2) is 15.9 Å². The average Bonchev–Trinajstić information content (AvgIpc) is 3.12. The second-order valence-electron chi connectivity index (χ2n) is 6.04. The van der Waals surface area contributed by atoms with Crippen LogP contribution in [0.25, 0.3) is 11.3 Å². The van der Waals surface area contributed by atoms with Crippen LogP contribution in [0.4, 0.5) is 5.13 Å². The van der Waals surface area contributed by atoms with Crippen LogP contribution in [0.5, 0.6) is 0 Å². The first kappa shape index (κ1) is 17.3. The highest BCUT2D eigenvalue weighted by molar-refractivity contribution is 7.14. The lowest BCUT2D eigenvalue weighted by Gasteiger charge is -2.22. The number of anilines is 1. The minimum absolute atomic E-state index is 0.00354. The van der Waals surface area contributed by atoms with Crippen LogP contribution < -0.4 is 5.32 Å². The van der Waals surface area contributed by atoms with E-state index in [4.69, 9.17) is 0 Å². The summed E-state index contributed by atoms with van der Waals surface area (Å²) in [5, 5.41) is 5.57. The smallest absolute Gasteiger partial charge is 0.233 e. The number of hydrogen-bond acceptors (Lipinski definition) is 4. The topological polar surface area (TPSA) is 54.9 Å². The fourth-order valence-corrected chi connectivity index (χ4v) is 3.53. The molecule has 0 aliphatic rings. The van der Waals surface area contributed by atoms with Gasteiger partial charge in [0.25, 0.3) is 0 Å². The van der Waals surface area contributed by atoms with Crippen molar-refractivity contribution in [2.24, 2.45) is 5.92 Å². The van der Waals surface area contributed by atoms with E-state index in [0.29, 0.717) is 5.13 Å². The van der Waals surface area contributed by atoms with Crippen molar-refractivity contribution in [1.82, 2.24) is 9.97 Å². The molecule has 25 heavy (non-hydrogen) atoms. The van der Waals surface area contributed by atoms with Gasteiger partial charge in [0.1, 0.15) is 0 Å². The fraction of sp³-hybridized carbons (Fsp3) is 0.250. The van der Waals surface area contributed by atoms with Gasteiger partial charge in [-0.05, 0) is 23.6 Å². The number of pyridine rings is 1. The standard InChI is InChI=1S/C20H21N3OS/c1-3-14(2)18(16-7-5-4-6-8-16)19(24)23-20-22-17(13-25-20)15-9-11-21-12-10-15/h4-14,18H,3H2,1-2H3,(H,22,23,24)/t14-,18-/m1/s1. The van der Waals surface area contributed by atoms with E-state index in [9.17, 15) is 4.79 Å². The molecule has 2 atom stereocenters. The van der Waals surface area contributed by atoms with Gasteiger partial charge in [0.15, 0.2) is 5.13 Å². The Balaban J connectivity index is 1.79. The molecule has 0 unspecified atom stereocenters. The maximum Gasteiger partial charge on any atom is 0.233 e. The summed E-state index contributed by atoms with van der Waals surface area (Å²) in [6.07, 6.45) is 4.41. The Morgan fingerprint density at radius 3 is 2.56 bits per heavy atom. The van der Waals surface area contributed by atoms with Gasteiger partial charge >= 0.3 is 0 Å². The Bertz CT molecular complexity index is 817. The van der Waals surface area contributed by atoms with Crippen LogP contribution in [0.15, 0.2) is 60.2 Å². The van der Waals surface area contributed by atoms with Crippen molar-refractivity contribution in [1.29, 1.82) is 0 Å². The molecule has 1 aromatic carbocycles. The third-order valence-corrected chi connectivity index (χ3v) is 5.12. The van der Waals surface area contributed by atoms with E-state index < -0.39 is 0 Å². The molecule has 0 saturated heterocycles. The van der Waals surface area contributed by atoms with Gasteiger partial charge in [-0.1, -0.05) is 50.6 Å². The first-order chi connectivity index (χ1) is 12.2. The van der Waals surface area contributed by atoms with E-state index >= 15 is 0 Å². The Morgan fingerprint density at radius 1 is 1.16 bits per heavy atom. The van der Waals surface area contributed by atoms with Crippen LogP contribution in [0.2, 0.25) is 0 Å². The number of amides is 1. The van der Waals surface area contributed by atoms with Crippen LogP contribution in [0.3, 0.4) is 0 Å². The number of thiazole rings is 1. The summed E-state index contributed by atoms with van der Waals surface area (Å²) in [5.74, 6) is 0.0673. The second kappa shape index (κ2) is 8.03. The van der Waals surface area contributed by atoms with E-state index in [1.165, 1.54) is 11.3 Å². The highest BCUT2D eigenvalue weighted by Gasteiger charge is 2.26. The van der Waals surface area contributed by atoms with Crippen molar-refractivity contribution in [2.75, 3.05) is 5.32 Å². The summed E-state index contributed by atoms with van der Waals surface area (Å²) in [5.41, 5.74) is 2.89. The van der Waals surface area contributed by atoms with E-state index in [1.807, 2.05) is 47.8 Å². The van der Waals surface area contributed by atoms with Gasteiger partial charge in [0.2, 0.25) is 5.91 Å². The molecule has 0 aliphatic carbocycles. The molecule has 3 rings (SSSR count). The van der Waals surface area contributed by atoms with Crippen LogP contribution in [0, 0.1) is 5.92 Å². The van der Waals surface area contributed by atoms with Crippen molar-refractivity contribution in [3.63, 3.8) is 0 Å². The highest BCUT2D eigenvalue weighted by Crippen LogP contribution is 2.30. The number of carbonyl (C=O) groups excluding carboxylic acids is 1. The zero-order valence-corrected chi connectivity index (χ0v) is 15.2. The Labute approximate surface area is 152 Å². The Morgan fingerprint density at radius 2 is 1.88 bits per heavy atom. The number of hydrogen-bond donors (Lipinski definition) is 1. The SMILES string of the molecule is CC[C@@H](C)[C@@H](C(=O)Nc1nc(-c2ccncc2)cs1)c1ccccc1. The lowest BCUT2D eigenvalue weighted by Crippen LogP contribution is -2.26. The Kier molecular flexibility index (Phi) is 5.56. The summed E-state index contributed by atoms with van der Waals surface area (Å²) in [6, 6.07) is 13.8. The van der Waals surface area contributed by atoms with Gasteiger partial charge in [-0.3, -0.25) is 9.78 Å². The van der Waals surface area contributed by atoms with Gasteiger partial charge in [0, 0.05) is 23.3 Å². The quantitative estimate of drug-likeness (QED) is 0.682. The van der Waals surface area contributed by atoms with E-state index in [0.717, 1.165) is 23.2 Å². The third-order valence-electron chi connectivity index (χ3n) is 4.36. The molecule has 0 radical (unpaired) electrons. The average molecular weight is 351 g/mol. The molecule has 0 fully saturated rings. The summed E-state index contributed by atoms with van der Waals surface area (Å²) in [4.78, 5) is 21.5. The first-order valence-corrected chi connectivity index (χ1v) is 9.28. The maximum atomic E-state index is 12.9. The summed E-state index contributed by atoms with van der Waals surface area (Å²) < 4.78 is 0. The van der Waals surface area contributed by atoms with E-state index in [-0.39, 0.29) is 17.7 Å². The molecule has 1 N–H and O–H groups in total. The van der Waals surface area contributed by atoms with Gasteiger partial charge in [-0.25, -0.2) is 4.98 Å². The molecule has 3 aromatic rings. The van der Waals surface area contributed by atoms with Gasteiger partial charge in [-0.15, -0.1) is 11.3 Å². The predicted octanol–water partition coefficient (Wildman–Crippen LogP) is 4.97. The molecule has 1 amide bonds. The maximum absolute atomic E-state index is 12.9. The molecule has 0 aliphatic heterocycles. The normalized spacial score (nSPS) is 13.2. The van der Waals surface area contributed by atoms with Crippen LogP contribution >= 0.6 is 11.3 Å². The summed E-state index contributed by atoms with van der Waals surface area (Å²) in [6.45, 7) is 4.22. The first-order valence-electron chi connectivity index (χ1n) is 8.40. The number of aromatic nitrogens is 2. The summed E-state index contributed by atoms with van der Waals surface area (Å²) in [7, 11) is 0. The Hall–Kier alpha value is -2.53. The van der Waals surface area contributed by atoms with Crippen molar-refractivity contribution in [2.45, 2.75) is 26.2 Å². The second-order valence-corrected chi connectivity index (χ2v) is 6.90. The van der Waals surface area contributed by atoms with E-state index in [1.54, 1.807) is 12.4 Å². The van der Waals surface area contributed by atoms with Gasteiger partial charge in [0.05, 0.1) is 11.6 Å². The minimum Gasteiger partial charge on any atom is -0.301 e. The number of benzene rings is 1. The molecular weight excluding hydrogens is 330 g/mol. The number of rotatable bonds is 6. The van der Waals surface area contributed by atoms with Crippen LogP contribution in [-0.2, 0) is 4.79 Å². The molecular formula is C20H21N3OS. The number of nitrogens with one attached hydrogen (secondary N) is 1. The molecule has 0 spiro atoms. The predicted molar refractivity (Wildman–Crippen MR) is 103 cm³/mol. The van der Waals surface area contributed by atoms with Crippen molar-refractivity contribution in [3.05, 3.63) is 65.8 Å². The zero-order valence-electron chi connectivity index (χ0n) is 14.3. The van der Waals surface area contributed by atoms with Gasteiger partial charge < -0.3 is 5.32 Å². The molecule has 5 heteroatoms. The largest absolute Gasteiger partial charge is 0.301 e. The molecule has 0 saturated carbocycles. The lowest BCUT2D eigenvalue weighted by molar-refractivity contribution is -0.118. The fourth-order valence-electron chi connectivity index (χ4n) is 2.80. The lowest BCUT2D eigenvalue weighted by atomic mass is 9.85. The number of nitrogens with zero attached hydrogens (tertiary/aromatic N) is 2. The van der Waals surface area contributed by atoms with Crippen LogP contribution in [0.1, 0.15) is 31.7 Å². The number of carbonyl (C=O) groups is 1. The third kappa shape index (κ3) is 4.12. The summed E-state index contributed by atoms with van der Waals surface area (Å²) >= 11 is 1.44. The molecule has 2 aromatic heterocycles. The molecule has 128 valence electrons. The monoisotopic (exact) mass is 351 g/mol. The van der Waals surface area contributed by atoms with E-state index in [2.05, 4.69) is 29.1 Å². The minimum atomic E-state index is -0.181. The molecule has 2 heterocycles. The highest BCUT2D eigenvalue weighted by atomic mass is 32.1. The molecule has 4 nitrogen and oxygen atoms in total. The van der Waals surface area contributed by atoms with Crippen molar-refractivity contribution in [3.8, 4) is 11.3 Å².